The van der Waals surface area contributed by atoms with Gasteiger partial charge in [0.2, 0.25) is 0 Å². The number of hydrogen-bond donors (Lipinski definition) is 2. The average molecular weight is 460 g/mol. The summed E-state index contributed by atoms with van der Waals surface area (Å²) in [5.74, 6) is -2.22. The van der Waals surface area contributed by atoms with Crippen molar-refractivity contribution < 1.29 is 24.1 Å². The number of hydrogen-bond acceptors (Lipinski definition) is 5. The lowest BCUT2D eigenvalue weighted by Crippen LogP contribution is -2.29. The van der Waals surface area contributed by atoms with Gasteiger partial charge in [-0.05, 0) is 54.8 Å². The van der Waals surface area contributed by atoms with Gasteiger partial charge in [-0.1, -0.05) is 29.8 Å². The Balaban J connectivity index is 2.07. The van der Waals surface area contributed by atoms with E-state index < -0.39 is 23.3 Å². The molecule has 0 aliphatic carbocycles. The number of aromatic hydroxyl groups is 2. The molecule has 3 aromatic rings. The SMILES string of the molecule is COC(=O)CC(c1ccc(F)cc1Cl)c1c(O)cc(C)n(CCc2ccc(O)cc2)c1=O. The molecule has 32 heavy (non-hydrogen) atoms. The normalized spacial score (nSPS) is 11.9. The van der Waals surface area contributed by atoms with E-state index >= 15 is 0 Å². The first kappa shape index (κ1) is 23.3. The second kappa shape index (κ2) is 9.87. The van der Waals surface area contributed by atoms with Crippen LogP contribution in [0.3, 0.4) is 0 Å². The van der Waals surface area contributed by atoms with Gasteiger partial charge in [0.15, 0.2) is 0 Å². The molecule has 0 saturated heterocycles. The molecule has 0 bridgehead atoms. The average Bonchev–Trinajstić information content (AvgIpc) is 2.74. The molecule has 1 unspecified atom stereocenters. The van der Waals surface area contributed by atoms with Crippen molar-refractivity contribution in [2.45, 2.75) is 32.2 Å². The van der Waals surface area contributed by atoms with E-state index in [4.69, 9.17) is 16.3 Å². The molecule has 0 spiro atoms. The van der Waals surface area contributed by atoms with Crippen LogP contribution < -0.4 is 5.56 Å². The van der Waals surface area contributed by atoms with Crippen molar-refractivity contribution in [3.63, 3.8) is 0 Å². The quantitative estimate of drug-likeness (QED) is 0.514. The molecule has 1 heterocycles. The summed E-state index contributed by atoms with van der Waals surface area (Å²) in [6.45, 7) is 2.01. The monoisotopic (exact) mass is 459 g/mol. The van der Waals surface area contributed by atoms with Crippen molar-refractivity contribution in [1.82, 2.24) is 4.57 Å². The molecule has 0 aliphatic rings. The summed E-state index contributed by atoms with van der Waals surface area (Å²) in [6.07, 6.45) is 0.246. The minimum Gasteiger partial charge on any atom is -0.508 e. The summed E-state index contributed by atoms with van der Waals surface area (Å²) in [5, 5.41) is 20.1. The summed E-state index contributed by atoms with van der Waals surface area (Å²) in [6, 6.07) is 11.8. The van der Waals surface area contributed by atoms with E-state index in [9.17, 15) is 24.2 Å². The Bertz CT molecular complexity index is 1190. The Morgan fingerprint density at radius 3 is 2.47 bits per heavy atom. The number of ether oxygens (including phenoxy) is 1. The fourth-order valence-corrected chi connectivity index (χ4v) is 3.98. The molecule has 0 fully saturated rings. The van der Waals surface area contributed by atoms with E-state index in [2.05, 4.69) is 0 Å². The topological polar surface area (TPSA) is 88.8 Å². The maximum Gasteiger partial charge on any atom is 0.306 e. The highest BCUT2D eigenvalue weighted by Crippen LogP contribution is 2.36. The van der Waals surface area contributed by atoms with Gasteiger partial charge in [0, 0.05) is 23.2 Å². The van der Waals surface area contributed by atoms with Crippen molar-refractivity contribution >= 4 is 17.6 Å². The van der Waals surface area contributed by atoms with E-state index in [1.54, 1.807) is 31.2 Å². The summed E-state index contributed by atoms with van der Waals surface area (Å²) < 4.78 is 19.9. The lowest BCUT2D eigenvalue weighted by atomic mass is 9.88. The molecule has 0 aliphatic heterocycles. The van der Waals surface area contributed by atoms with Crippen molar-refractivity contribution in [2.75, 3.05) is 7.11 Å². The standard InChI is InChI=1S/C24H23ClFNO5/c1-14-11-21(29)23(24(31)27(14)10-9-15-3-6-17(28)7-4-15)19(13-22(30)32-2)18-8-5-16(26)12-20(18)25/h3-8,11-12,19,28-29H,9-10,13H2,1-2H3. The van der Waals surface area contributed by atoms with Crippen LogP contribution in [0.1, 0.15) is 34.7 Å². The van der Waals surface area contributed by atoms with Gasteiger partial charge in [0.05, 0.1) is 19.1 Å². The molecule has 1 atom stereocenters. The lowest BCUT2D eigenvalue weighted by molar-refractivity contribution is -0.140. The van der Waals surface area contributed by atoms with E-state index in [1.165, 1.54) is 29.9 Å². The third-order valence-corrected chi connectivity index (χ3v) is 5.70. The first-order chi connectivity index (χ1) is 15.2. The van der Waals surface area contributed by atoms with Crippen LogP contribution in [0.2, 0.25) is 5.02 Å². The molecule has 2 N–H and O–H groups in total. The number of phenols is 1. The Morgan fingerprint density at radius 1 is 1.16 bits per heavy atom. The summed E-state index contributed by atoms with van der Waals surface area (Å²) in [4.78, 5) is 25.6. The van der Waals surface area contributed by atoms with E-state index in [-0.39, 0.29) is 28.5 Å². The smallest absolute Gasteiger partial charge is 0.306 e. The molecule has 0 radical (unpaired) electrons. The number of methoxy groups -OCH3 is 1. The number of carbonyl (C=O) groups is 1. The van der Waals surface area contributed by atoms with Gasteiger partial charge in [-0.15, -0.1) is 0 Å². The number of esters is 1. The number of pyridine rings is 1. The minimum absolute atomic E-state index is 0.0137. The van der Waals surface area contributed by atoms with E-state index in [1.807, 2.05) is 0 Å². The Morgan fingerprint density at radius 2 is 1.84 bits per heavy atom. The number of aryl methyl sites for hydroxylation is 2. The molecule has 0 saturated carbocycles. The second-order valence-electron chi connectivity index (χ2n) is 7.46. The third kappa shape index (κ3) is 5.11. The van der Waals surface area contributed by atoms with Gasteiger partial charge < -0.3 is 19.5 Å². The third-order valence-electron chi connectivity index (χ3n) is 5.37. The van der Waals surface area contributed by atoms with Crippen LogP contribution >= 0.6 is 11.6 Å². The number of benzene rings is 2. The maximum atomic E-state index is 13.6. The zero-order chi connectivity index (χ0) is 23.4. The fourth-order valence-electron chi connectivity index (χ4n) is 3.68. The van der Waals surface area contributed by atoms with Crippen LogP contribution in [0.15, 0.2) is 53.3 Å². The van der Waals surface area contributed by atoms with Crippen LogP contribution in [-0.4, -0.2) is 27.9 Å². The van der Waals surface area contributed by atoms with Gasteiger partial charge in [-0.2, -0.15) is 0 Å². The highest BCUT2D eigenvalue weighted by atomic mass is 35.5. The highest BCUT2D eigenvalue weighted by molar-refractivity contribution is 6.31. The largest absolute Gasteiger partial charge is 0.508 e. The Labute approximate surface area is 189 Å². The molecule has 8 heteroatoms. The van der Waals surface area contributed by atoms with Crippen molar-refractivity contribution in [2.24, 2.45) is 0 Å². The maximum absolute atomic E-state index is 13.6. The second-order valence-corrected chi connectivity index (χ2v) is 7.86. The lowest BCUT2D eigenvalue weighted by Gasteiger charge is -2.21. The summed E-state index contributed by atoms with van der Waals surface area (Å²) >= 11 is 6.23. The molecular formula is C24H23ClFNO5. The first-order valence-corrected chi connectivity index (χ1v) is 10.3. The van der Waals surface area contributed by atoms with Crippen LogP contribution in [0.5, 0.6) is 11.5 Å². The van der Waals surface area contributed by atoms with Crippen LogP contribution in [0.25, 0.3) is 0 Å². The number of aromatic nitrogens is 1. The van der Waals surface area contributed by atoms with Gasteiger partial charge >= 0.3 is 5.97 Å². The molecule has 168 valence electrons. The number of rotatable bonds is 7. The fraction of sp³-hybridized carbons (Fsp3) is 0.250. The molecule has 2 aromatic carbocycles. The van der Waals surface area contributed by atoms with Gasteiger partial charge in [0.1, 0.15) is 17.3 Å². The molecule has 0 amide bonds. The van der Waals surface area contributed by atoms with Crippen molar-refractivity contribution in [3.8, 4) is 11.5 Å². The highest BCUT2D eigenvalue weighted by Gasteiger charge is 2.28. The van der Waals surface area contributed by atoms with Crippen molar-refractivity contribution in [1.29, 1.82) is 0 Å². The zero-order valence-corrected chi connectivity index (χ0v) is 18.4. The van der Waals surface area contributed by atoms with Crippen LogP contribution in [-0.2, 0) is 22.5 Å². The van der Waals surface area contributed by atoms with E-state index in [0.29, 0.717) is 24.2 Å². The Kier molecular flexibility index (Phi) is 7.20. The van der Waals surface area contributed by atoms with Crippen LogP contribution in [0, 0.1) is 12.7 Å². The number of phenolic OH excluding ortho intramolecular Hbond substituents is 1. The van der Waals surface area contributed by atoms with E-state index in [0.717, 1.165) is 11.6 Å². The molecular weight excluding hydrogens is 437 g/mol. The summed E-state index contributed by atoms with van der Waals surface area (Å²) in [5.41, 5.74) is 1.30. The predicted octanol–water partition coefficient (Wildman–Crippen LogP) is 4.30. The number of halogens is 2. The number of carbonyl (C=O) groups excluding carboxylic acids is 1. The zero-order valence-electron chi connectivity index (χ0n) is 17.6. The minimum atomic E-state index is -0.927. The molecule has 3 rings (SSSR count). The molecule has 6 nitrogen and oxygen atoms in total. The Hall–Kier alpha value is -3.32. The van der Waals surface area contributed by atoms with Gasteiger partial charge in [0.25, 0.3) is 5.56 Å². The summed E-state index contributed by atoms with van der Waals surface area (Å²) in [7, 11) is 1.22. The van der Waals surface area contributed by atoms with Crippen LogP contribution in [0.4, 0.5) is 4.39 Å². The molecule has 1 aromatic heterocycles. The van der Waals surface area contributed by atoms with Crippen molar-refractivity contribution in [3.05, 3.63) is 92.1 Å². The predicted molar refractivity (Wildman–Crippen MR) is 119 cm³/mol. The number of nitrogens with zero attached hydrogens (tertiary/aromatic N) is 1. The van der Waals surface area contributed by atoms with Gasteiger partial charge in [-0.3, -0.25) is 9.59 Å². The van der Waals surface area contributed by atoms with Gasteiger partial charge in [-0.25, -0.2) is 4.39 Å². The first-order valence-electron chi connectivity index (χ1n) is 9.94.